The summed E-state index contributed by atoms with van der Waals surface area (Å²) in [5.74, 6) is 0.351. The third-order valence-electron chi connectivity index (χ3n) is 3.18. The van der Waals surface area contributed by atoms with Crippen molar-refractivity contribution in [2.75, 3.05) is 5.73 Å². The van der Waals surface area contributed by atoms with E-state index in [1.54, 1.807) is 6.07 Å². The summed E-state index contributed by atoms with van der Waals surface area (Å²) in [6.45, 7) is 10.9. The molecule has 18 heavy (non-hydrogen) atoms. The lowest BCUT2D eigenvalue weighted by Gasteiger charge is -2.21. The number of benzene rings is 1. The number of hydrogen-bond donors (Lipinski definition) is 1. The van der Waals surface area contributed by atoms with Gasteiger partial charge in [-0.2, -0.15) is 0 Å². The van der Waals surface area contributed by atoms with Crippen LogP contribution in [0.3, 0.4) is 0 Å². The van der Waals surface area contributed by atoms with Gasteiger partial charge in [0.2, 0.25) is 5.88 Å². The van der Waals surface area contributed by atoms with Crippen molar-refractivity contribution in [2.45, 2.75) is 40.0 Å². The van der Waals surface area contributed by atoms with Crippen LogP contribution < -0.4 is 5.73 Å². The molecule has 1 aromatic heterocycles. The number of nitrogens with two attached hydrogens (primary N) is 1. The van der Waals surface area contributed by atoms with Crippen LogP contribution in [0.5, 0.6) is 0 Å². The summed E-state index contributed by atoms with van der Waals surface area (Å²) in [4.78, 5) is 0. The highest BCUT2D eigenvalue weighted by Crippen LogP contribution is 2.32. The number of hydrogen-bond acceptors (Lipinski definition) is 3. The van der Waals surface area contributed by atoms with E-state index in [2.05, 4.69) is 51.9 Å². The molecule has 1 aromatic carbocycles. The number of nitrogen functional groups attached to an aromatic ring is 1. The maximum atomic E-state index is 5.59. The highest BCUT2D eigenvalue weighted by atomic mass is 16.5. The second-order valence-corrected chi connectivity index (χ2v) is 5.85. The smallest absolute Gasteiger partial charge is 0.222 e. The van der Waals surface area contributed by atoms with E-state index in [4.69, 9.17) is 10.3 Å². The molecule has 96 valence electrons. The molecular formula is C15H20N2O. The van der Waals surface area contributed by atoms with Crippen molar-refractivity contribution in [1.82, 2.24) is 5.16 Å². The van der Waals surface area contributed by atoms with Gasteiger partial charge >= 0.3 is 0 Å². The van der Waals surface area contributed by atoms with Crippen LogP contribution in [0.25, 0.3) is 11.3 Å². The van der Waals surface area contributed by atoms with E-state index in [-0.39, 0.29) is 5.41 Å². The molecule has 0 aliphatic carbocycles. The van der Waals surface area contributed by atoms with Gasteiger partial charge in [-0.1, -0.05) is 38.1 Å². The lowest BCUT2D eigenvalue weighted by molar-refractivity contribution is 0.439. The lowest BCUT2D eigenvalue weighted by atomic mass is 9.83. The molecule has 3 nitrogen and oxygen atoms in total. The van der Waals surface area contributed by atoms with Gasteiger partial charge in [-0.3, -0.25) is 0 Å². The number of rotatable bonds is 1. The Morgan fingerprint density at radius 1 is 1.06 bits per heavy atom. The summed E-state index contributed by atoms with van der Waals surface area (Å²) < 4.78 is 4.95. The number of nitrogens with zero attached hydrogens (tertiary/aromatic N) is 1. The molecule has 0 unspecified atom stereocenters. The Morgan fingerprint density at radius 3 is 2.00 bits per heavy atom. The van der Waals surface area contributed by atoms with E-state index in [0.717, 1.165) is 11.3 Å². The molecule has 2 N–H and O–H groups in total. The van der Waals surface area contributed by atoms with Crippen molar-refractivity contribution in [3.8, 4) is 11.3 Å². The Morgan fingerprint density at radius 2 is 1.61 bits per heavy atom. The average Bonchev–Trinajstić information content (AvgIpc) is 2.62. The van der Waals surface area contributed by atoms with Crippen molar-refractivity contribution in [1.29, 1.82) is 0 Å². The summed E-state index contributed by atoms with van der Waals surface area (Å²) in [7, 11) is 0. The van der Waals surface area contributed by atoms with Gasteiger partial charge < -0.3 is 10.3 Å². The van der Waals surface area contributed by atoms with E-state index in [0.29, 0.717) is 5.88 Å². The predicted molar refractivity (Wildman–Crippen MR) is 74.5 cm³/mol. The van der Waals surface area contributed by atoms with Gasteiger partial charge in [-0.15, -0.1) is 0 Å². The minimum Gasteiger partial charge on any atom is -0.368 e. The van der Waals surface area contributed by atoms with Crippen LogP contribution in [-0.2, 0) is 5.41 Å². The molecule has 0 aliphatic rings. The van der Waals surface area contributed by atoms with Crippen molar-refractivity contribution in [3.05, 3.63) is 34.9 Å². The molecule has 0 saturated heterocycles. The zero-order valence-electron chi connectivity index (χ0n) is 11.7. The molecule has 2 rings (SSSR count). The number of anilines is 1. The second kappa shape index (κ2) is 4.16. The van der Waals surface area contributed by atoms with Crippen molar-refractivity contribution in [2.24, 2.45) is 0 Å². The molecule has 2 aromatic rings. The predicted octanol–water partition coefficient (Wildman–Crippen LogP) is 3.84. The third-order valence-corrected chi connectivity index (χ3v) is 3.18. The maximum absolute atomic E-state index is 5.59. The van der Waals surface area contributed by atoms with Gasteiger partial charge in [0, 0.05) is 11.6 Å². The van der Waals surface area contributed by atoms with Gasteiger partial charge in [0.15, 0.2) is 0 Å². The van der Waals surface area contributed by atoms with Crippen molar-refractivity contribution < 1.29 is 4.52 Å². The van der Waals surface area contributed by atoms with Crippen LogP contribution in [0, 0.1) is 13.8 Å². The first-order chi connectivity index (χ1) is 8.29. The summed E-state index contributed by atoms with van der Waals surface area (Å²) in [5, 5.41) is 4.00. The molecule has 0 atom stereocenters. The number of aryl methyl sites for hydroxylation is 2. The van der Waals surface area contributed by atoms with Crippen LogP contribution in [-0.4, -0.2) is 5.16 Å². The Bertz CT molecular complexity index is 553. The quantitative estimate of drug-likeness (QED) is 0.829. The summed E-state index contributed by atoms with van der Waals surface area (Å²) in [5.41, 5.74) is 11.4. The molecule has 3 heteroatoms. The fraction of sp³-hybridized carbons (Fsp3) is 0.400. The highest BCUT2D eigenvalue weighted by Gasteiger charge is 2.18. The van der Waals surface area contributed by atoms with Gasteiger partial charge in [0.25, 0.3) is 0 Å². The van der Waals surface area contributed by atoms with Gasteiger partial charge in [-0.25, -0.2) is 0 Å². The Labute approximate surface area is 108 Å². The molecule has 0 spiro atoms. The van der Waals surface area contributed by atoms with Crippen molar-refractivity contribution in [3.63, 3.8) is 0 Å². The number of aromatic nitrogens is 1. The van der Waals surface area contributed by atoms with Crippen LogP contribution in [0.4, 0.5) is 5.88 Å². The third kappa shape index (κ3) is 2.26. The van der Waals surface area contributed by atoms with Gasteiger partial charge in [-0.05, 0) is 36.0 Å². The molecule has 0 bridgehead atoms. The van der Waals surface area contributed by atoms with E-state index < -0.39 is 0 Å². The van der Waals surface area contributed by atoms with Crippen LogP contribution in [0.1, 0.15) is 37.5 Å². The first-order valence-corrected chi connectivity index (χ1v) is 6.13. The molecular weight excluding hydrogens is 224 g/mol. The van der Waals surface area contributed by atoms with Gasteiger partial charge in [0.1, 0.15) is 5.69 Å². The molecule has 0 saturated carbocycles. The van der Waals surface area contributed by atoms with E-state index in [1.807, 2.05) is 0 Å². The monoisotopic (exact) mass is 244 g/mol. The lowest BCUT2D eigenvalue weighted by Crippen LogP contribution is -2.12. The SMILES string of the molecule is Cc1cc(C(C)(C)C)cc(C)c1-c1cc(N)on1. The van der Waals surface area contributed by atoms with Crippen molar-refractivity contribution >= 4 is 5.88 Å². The zero-order chi connectivity index (χ0) is 13.5. The van der Waals surface area contributed by atoms with Gasteiger partial charge in [0.05, 0.1) is 0 Å². The topological polar surface area (TPSA) is 52.0 Å². The van der Waals surface area contributed by atoms with E-state index >= 15 is 0 Å². The van der Waals surface area contributed by atoms with Crippen LogP contribution in [0.2, 0.25) is 0 Å². The molecule has 0 fully saturated rings. The average molecular weight is 244 g/mol. The minimum atomic E-state index is 0.150. The normalized spacial score (nSPS) is 11.8. The Hall–Kier alpha value is -1.77. The van der Waals surface area contributed by atoms with Crippen LogP contribution in [0.15, 0.2) is 22.7 Å². The first kappa shape index (κ1) is 12.7. The Kier molecular flexibility index (Phi) is 2.93. The molecule has 0 aliphatic heterocycles. The zero-order valence-corrected chi connectivity index (χ0v) is 11.7. The molecule has 0 radical (unpaired) electrons. The highest BCUT2D eigenvalue weighted by molar-refractivity contribution is 5.69. The fourth-order valence-corrected chi connectivity index (χ4v) is 2.21. The van der Waals surface area contributed by atoms with E-state index in [1.165, 1.54) is 16.7 Å². The largest absolute Gasteiger partial charge is 0.368 e. The first-order valence-electron chi connectivity index (χ1n) is 6.13. The molecule has 0 amide bonds. The maximum Gasteiger partial charge on any atom is 0.222 e. The minimum absolute atomic E-state index is 0.150. The summed E-state index contributed by atoms with van der Waals surface area (Å²) in [6, 6.07) is 6.20. The Balaban J connectivity index is 2.58. The fourth-order valence-electron chi connectivity index (χ4n) is 2.21. The van der Waals surface area contributed by atoms with E-state index in [9.17, 15) is 0 Å². The summed E-state index contributed by atoms with van der Waals surface area (Å²) >= 11 is 0. The summed E-state index contributed by atoms with van der Waals surface area (Å²) in [6.07, 6.45) is 0. The van der Waals surface area contributed by atoms with Crippen LogP contribution >= 0.6 is 0 Å². The standard InChI is InChI=1S/C15H20N2O/c1-9-6-11(15(3,4)5)7-10(2)14(9)12-8-13(16)18-17-12/h6-8H,16H2,1-5H3. The second-order valence-electron chi connectivity index (χ2n) is 5.85. The molecule has 1 heterocycles.